The first-order valence-electron chi connectivity index (χ1n) is 17.0. The van der Waals surface area contributed by atoms with Crippen molar-refractivity contribution < 1.29 is 45.9 Å². The van der Waals surface area contributed by atoms with Gasteiger partial charge in [-0.2, -0.15) is 4.80 Å². The van der Waals surface area contributed by atoms with Gasteiger partial charge in [0.2, 0.25) is 34.1 Å². The average Bonchev–Trinajstić information content (AvgIpc) is 3.90. The number of methoxy groups -OCH3 is 1. The van der Waals surface area contributed by atoms with Crippen LogP contribution in [-0.2, 0) is 35.7 Å². The molecule has 18 nitrogen and oxygen atoms in total. The van der Waals surface area contributed by atoms with Crippen molar-refractivity contribution in [2.24, 2.45) is 11.8 Å². The molecule has 6 rings (SSSR count). The number of alkyl carbamates (subject to hydrolysis) is 1. The van der Waals surface area contributed by atoms with E-state index in [4.69, 9.17) is 9.47 Å². The van der Waals surface area contributed by atoms with E-state index >= 15 is 0 Å². The minimum absolute atomic E-state index is 0.0293. The number of carbonyl (C=O) groups is 4. The van der Waals surface area contributed by atoms with Gasteiger partial charge in [-0.1, -0.05) is 13.8 Å². The fraction of sp³-hybridized carbons (Fsp3) is 0.562. The lowest BCUT2D eigenvalue weighted by atomic mass is 10.0. The van der Waals surface area contributed by atoms with Crippen molar-refractivity contribution in [2.75, 3.05) is 20.3 Å². The lowest BCUT2D eigenvalue weighted by Gasteiger charge is -2.31. The molecule has 2 aliphatic carbocycles. The smallest absolute Gasteiger partial charge is 0.407 e. The Morgan fingerprint density at radius 1 is 1.11 bits per heavy atom. The van der Waals surface area contributed by atoms with Crippen molar-refractivity contribution in [1.29, 1.82) is 0 Å². The van der Waals surface area contributed by atoms with Crippen molar-refractivity contribution in [3.05, 3.63) is 43.0 Å². The molecule has 286 valence electrons. The Balaban J connectivity index is 1.23. The standard InChI is InChI=1S/C32H40F2N10O8S/c1-18(2)25(36-31(48)52-13-12-42-11-10-35-17-42)29(46)43-16-20(44-39-27(38-41-44)19-4-6-21(51-3)7-5-19)14-24(43)28(45)37-32(15-23(32)26(33)34)30(47)40-53(49,50)22-8-9-22/h4-7,10-11,17-18,20,22-26H,8-9,12-16H2,1-3H3,(H,36,48)(H,37,45)(H,40,47)/t20-,23+,24?,25+,32-/m1/s1. The summed E-state index contributed by atoms with van der Waals surface area (Å²) in [5, 5.41) is 16.9. The molecule has 2 aromatic heterocycles. The van der Waals surface area contributed by atoms with Crippen LogP contribution < -0.4 is 20.1 Å². The number of likely N-dealkylation sites (tertiary alicyclic amines) is 1. The molecule has 0 bridgehead atoms. The number of rotatable bonds is 15. The number of nitrogens with one attached hydrogen (secondary N) is 3. The number of amides is 4. The molecule has 5 atom stereocenters. The number of imidazole rings is 1. The van der Waals surface area contributed by atoms with Gasteiger partial charge < -0.3 is 29.6 Å². The van der Waals surface area contributed by atoms with Crippen molar-refractivity contribution in [3.8, 4) is 17.1 Å². The van der Waals surface area contributed by atoms with E-state index in [-0.39, 0.29) is 25.4 Å². The second kappa shape index (κ2) is 15.0. The summed E-state index contributed by atoms with van der Waals surface area (Å²) < 4.78 is 67.2. The molecule has 0 spiro atoms. The Morgan fingerprint density at radius 3 is 2.45 bits per heavy atom. The fourth-order valence-electron chi connectivity index (χ4n) is 6.27. The van der Waals surface area contributed by atoms with Crippen molar-refractivity contribution in [2.45, 2.75) is 81.4 Å². The third-order valence-corrected chi connectivity index (χ3v) is 11.4. The summed E-state index contributed by atoms with van der Waals surface area (Å²) in [5.74, 6) is -4.25. The molecule has 53 heavy (non-hydrogen) atoms. The number of hydrogen-bond acceptors (Lipinski definition) is 12. The van der Waals surface area contributed by atoms with E-state index in [1.54, 1.807) is 61.4 Å². The second-order valence-corrected chi connectivity index (χ2v) is 15.6. The number of benzene rings is 1. The third kappa shape index (κ3) is 8.23. The predicted molar refractivity (Wildman–Crippen MR) is 179 cm³/mol. The van der Waals surface area contributed by atoms with Gasteiger partial charge in [-0.05, 0) is 54.7 Å². The Labute approximate surface area is 303 Å². The Morgan fingerprint density at radius 2 is 1.85 bits per heavy atom. The summed E-state index contributed by atoms with van der Waals surface area (Å²) in [6, 6.07) is 3.54. The van der Waals surface area contributed by atoms with Crippen molar-refractivity contribution >= 4 is 33.8 Å². The number of aromatic nitrogens is 6. The van der Waals surface area contributed by atoms with Crippen LogP contribution in [0.2, 0.25) is 0 Å². The minimum atomic E-state index is -4.13. The Hall–Kier alpha value is -5.21. The van der Waals surface area contributed by atoms with Gasteiger partial charge in [0, 0.05) is 30.9 Å². The zero-order valence-electron chi connectivity index (χ0n) is 29.1. The Kier molecular flexibility index (Phi) is 10.6. The van der Waals surface area contributed by atoms with Crippen LogP contribution in [0.25, 0.3) is 11.4 Å². The van der Waals surface area contributed by atoms with E-state index in [2.05, 4.69) is 31.0 Å². The number of alkyl halides is 2. The average molecular weight is 763 g/mol. The van der Waals surface area contributed by atoms with Gasteiger partial charge in [0.15, 0.2) is 0 Å². The monoisotopic (exact) mass is 762 g/mol. The number of ether oxygens (including phenoxy) is 2. The topological polar surface area (TPSA) is 222 Å². The van der Waals surface area contributed by atoms with Crippen LogP contribution in [-0.4, -0.2) is 116 Å². The largest absolute Gasteiger partial charge is 0.497 e. The van der Waals surface area contributed by atoms with Crippen LogP contribution >= 0.6 is 0 Å². The molecular weight excluding hydrogens is 722 g/mol. The van der Waals surface area contributed by atoms with Crippen LogP contribution in [0.3, 0.4) is 0 Å². The van der Waals surface area contributed by atoms with E-state index in [0.717, 1.165) is 0 Å². The molecule has 3 N–H and O–H groups in total. The normalized spacial score (nSPS) is 23.1. The van der Waals surface area contributed by atoms with E-state index in [0.29, 0.717) is 30.7 Å². The van der Waals surface area contributed by atoms with E-state index in [9.17, 15) is 36.4 Å². The molecule has 2 saturated carbocycles. The number of nitrogens with zero attached hydrogens (tertiary/aromatic N) is 7. The first-order valence-corrected chi connectivity index (χ1v) is 18.6. The van der Waals surface area contributed by atoms with Gasteiger partial charge in [0.25, 0.3) is 5.91 Å². The molecule has 0 radical (unpaired) electrons. The SMILES string of the molecule is COc1ccc(-c2nnn([C@@H]3CC(C(=O)N[C@]4(C(=O)NS(=O)(=O)C5CC5)C[C@H]4C(F)F)N(C(=O)[C@@H](NC(=O)OCCn4ccnc4)C(C)C)C3)n2)cc1. The van der Waals surface area contributed by atoms with Crippen LogP contribution in [0.5, 0.6) is 5.75 Å². The van der Waals surface area contributed by atoms with Gasteiger partial charge >= 0.3 is 6.09 Å². The molecule has 3 fully saturated rings. The number of carbonyl (C=O) groups excluding carboxylic acids is 4. The minimum Gasteiger partial charge on any atom is -0.497 e. The highest BCUT2D eigenvalue weighted by Gasteiger charge is 2.66. The maximum absolute atomic E-state index is 14.2. The van der Waals surface area contributed by atoms with E-state index in [1.165, 1.54) is 16.8 Å². The van der Waals surface area contributed by atoms with E-state index < -0.39 is 87.4 Å². The molecular formula is C32H40F2N10O8S. The molecule has 3 heterocycles. The van der Waals surface area contributed by atoms with Crippen LogP contribution in [0, 0.1) is 11.8 Å². The summed E-state index contributed by atoms with van der Waals surface area (Å²) in [4.78, 5) is 60.7. The lowest BCUT2D eigenvalue weighted by molar-refractivity contribution is -0.142. The van der Waals surface area contributed by atoms with Crippen LogP contribution in [0.1, 0.15) is 45.6 Å². The summed E-state index contributed by atoms with van der Waals surface area (Å²) in [6.45, 7) is 3.47. The van der Waals surface area contributed by atoms with Gasteiger partial charge in [-0.3, -0.25) is 19.1 Å². The molecule has 1 aliphatic heterocycles. The first-order chi connectivity index (χ1) is 25.2. The molecule has 3 aliphatic rings. The third-order valence-electron chi connectivity index (χ3n) is 9.58. The summed E-state index contributed by atoms with van der Waals surface area (Å²) in [5.41, 5.74) is -1.62. The second-order valence-electron chi connectivity index (χ2n) is 13.6. The summed E-state index contributed by atoms with van der Waals surface area (Å²) >= 11 is 0. The maximum atomic E-state index is 14.2. The molecule has 4 amide bonds. The molecule has 1 unspecified atom stereocenters. The van der Waals surface area contributed by atoms with Crippen molar-refractivity contribution in [1.82, 2.24) is 50.0 Å². The first kappa shape index (κ1) is 37.5. The Bertz CT molecular complexity index is 1920. The van der Waals surface area contributed by atoms with Gasteiger partial charge in [-0.15, -0.1) is 10.2 Å². The zero-order chi connectivity index (χ0) is 38.1. The van der Waals surface area contributed by atoms with Gasteiger partial charge in [-0.25, -0.2) is 27.0 Å². The fourth-order valence-corrected chi connectivity index (χ4v) is 7.63. The highest BCUT2D eigenvalue weighted by atomic mass is 32.2. The highest BCUT2D eigenvalue weighted by Crippen LogP contribution is 2.48. The number of hydrogen-bond donors (Lipinski definition) is 3. The zero-order valence-corrected chi connectivity index (χ0v) is 29.9. The lowest BCUT2D eigenvalue weighted by Crippen LogP contribution is -2.59. The number of halogens is 2. The van der Waals surface area contributed by atoms with Crippen LogP contribution in [0.4, 0.5) is 13.6 Å². The van der Waals surface area contributed by atoms with Gasteiger partial charge in [0.05, 0.1) is 37.2 Å². The maximum Gasteiger partial charge on any atom is 0.407 e. The summed E-state index contributed by atoms with van der Waals surface area (Å²) in [6.07, 6.45) is 0.860. The van der Waals surface area contributed by atoms with Crippen LogP contribution in [0.15, 0.2) is 43.0 Å². The van der Waals surface area contributed by atoms with Gasteiger partial charge in [0.1, 0.15) is 30.0 Å². The molecule has 3 aromatic rings. The number of tetrazole rings is 1. The van der Waals surface area contributed by atoms with E-state index in [1.807, 2.05) is 4.72 Å². The molecule has 21 heteroatoms. The quantitative estimate of drug-likeness (QED) is 0.197. The predicted octanol–water partition coefficient (Wildman–Crippen LogP) is 0.887. The highest BCUT2D eigenvalue weighted by molar-refractivity contribution is 7.91. The van der Waals surface area contributed by atoms with Crippen molar-refractivity contribution in [3.63, 3.8) is 0 Å². The molecule has 1 saturated heterocycles. The number of sulfonamides is 1. The molecule has 1 aromatic carbocycles. The summed E-state index contributed by atoms with van der Waals surface area (Å²) in [7, 11) is -2.61.